The SMILES string of the molecule is CCO[Si](C)(C)c1ccc(NC(=O)c2cc([N+](=O)[O-])cc([N+](=O)[O-])c2)cc1. The molecule has 10 heteroatoms. The van der Waals surface area contributed by atoms with Gasteiger partial charge in [0.25, 0.3) is 17.3 Å². The molecule has 0 spiro atoms. The molecule has 0 fully saturated rings. The molecule has 0 saturated heterocycles. The first-order valence-corrected chi connectivity index (χ1v) is 11.0. The molecule has 2 aromatic rings. The van der Waals surface area contributed by atoms with E-state index in [2.05, 4.69) is 18.4 Å². The summed E-state index contributed by atoms with van der Waals surface area (Å²) in [6, 6.07) is 9.93. The minimum Gasteiger partial charge on any atom is -0.413 e. The highest BCUT2D eigenvalue weighted by Crippen LogP contribution is 2.23. The molecule has 2 aromatic carbocycles. The van der Waals surface area contributed by atoms with Crippen LogP contribution in [0.15, 0.2) is 42.5 Å². The number of nitro benzene ring substituents is 2. The Labute approximate surface area is 156 Å². The summed E-state index contributed by atoms with van der Waals surface area (Å²) in [7, 11) is -2.01. The zero-order chi connectivity index (χ0) is 20.2. The lowest BCUT2D eigenvalue weighted by Gasteiger charge is -2.22. The van der Waals surface area contributed by atoms with Gasteiger partial charge in [-0.05, 0) is 37.3 Å². The smallest absolute Gasteiger partial charge is 0.277 e. The number of non-ortho nitro benzene ring substituents is 2. The Balaban J connectivity index is 2.24. The van der Waals surface area contributed by atoms with Gasteiger partial charge in [-0.3, -0.25) is 25.0 Å². The normalized spacial score (nSPS) is 11.1. The third-order valence-corrected chi connectivity index (χ3v) is 6.66. The van der Waals surface area contributed by atoms with Crippen LogP contribution < -0.4 is 10.5 Å². The van der Waals surface area contributed by atoms with E-state index in [1.807, 2.05) is 19.1 Å². The van der Waals surface area contributed by atoms with Gasteiger partial charge in [0.1, 0.15) is 0 Å². The maximum atomic E-state index is 12.4. The number of nitrogens with zero attached hydrogens (tertiary/aromatic N) is 2. The van der Waals surface area contributed by atoms with Crippen molar-refractivity contribution in [1.29, 1.82) is 0 Å². The Kier molecular flexibility index (Phi) is 6.03. The first-order chi connectivity index (χ1) is 12.6. The average molecular weight is 389 g/mol. The summed E-state index contributed by atoms with van der Waals surface area (Å²) in [5.74, 6) is -0.670. The van der Waals surface area contributed by atoms with E-state index < -0.39 is 35.4 Å². The van der Waals surface area contributed by atoms with Gasteiger partial charge in [0.05, 0.1) is 21.5 Å². The Hall–Kier alpha value is -3.11. The predicted molar refractivity (Wildman–Crippen MR) is 103 cm³/mol. The molecule has 9 nitrogen and oxygen atoms in total. The lowest BCUT2D eigenvalue weighted by molar-refractivity contribution is -0.394. The molecule has 1 amide bonds. The third-order valence-electron chi connectivity index (χ3n) is 3.93. The zero-order valence-electron chi connectivity index (χ0n) is 15.1. The molecule has 1 N–H and O–H groups in total. The number of carbonyl (C=O) groups is 1. The van der Waals surface area contributed by atoms with Crippen LogP contribution >= 0.6 is 0 Å². The van der Waals surface area contributed by atoms with Gasteiger partial charge in [-0.1, -0.05) is 12.1 Å². The van der Waals surface area contributed by atoms with E-state index in [0.717, 1.165) is 23.4 Å². The molecule has 0 aliphatic heterocycles. The summed E-state index contributed by atoms with van der Waals surface area (Å²) in [6.07, 6.45) is 0. The number of carbonyl (C=O) groups excluding carboxylic acids is 1. The molecule has 0 saturated carbocycles. The fourth-order valence-electron chi connectivity index (χ4n) is 2.54. The fourth-order valence-corrected chi connectivity index (χ4v) is 4.40. The Morgan fingerprint density at radius 3 is 2.00 bits per heavy atom. The Bertz CT molecular complexity index is 850. The van der Waals surface area contributed by atoms with Crippen LogP contribution in [0.3, 0.4) is 0 Å². The molecule has 0 atom stereocenters. The summed E-state index contributed by atoms with van der Waals surface area (Å²) in [6.45, 7) is 6.67. The van der Waals surface area contributed by atoms with Gasteiger partial charge in [0, 0.05) is 24.4 Å². The van der Waals surface area contributed by atoms with Crippen molar-refractivity contribution in [3.8, 4) is 0 Å². The molecule has 0 aromatic heterocycles. The van der Waals surface area contributed by atoms with E-state index in [9.17, 15) is 25.0 Å². The van der Waals surface area contributed by atoms with Crippen molar-refractivity contribution in [3.63, 3.8) is 0 Å². The van der Waals surface area contributed by atoms with Crippen LogP contribution in [0.1, 0.15) is 17.3 Å². The Morgan fingerprint density at radius 2 is 1.56 bits per heavy atom. The number of nitro groups is 2. The molecule has 142 valence electrons. The summed E-state index contributed by atoms with van der Waals surface area (Å²) in [5, 5.41) is 25.5. The van der Waals surface area contributed by atoms with E-state index in [4.69, 9.17) is 4.43 Å². The fraction of sp³-hybridized carbons (Fsp3) is 0.235. The van der Waals surface area contributed by atoms with Gasteiger partial charge in [-0.25, -0.2) is 0 Å². The number of nitrogens with one attached hydrogen (secondary N) is 1. The summed E-state index contributed by atoms with van der Waals surface area (Å²) >= 11 is 0. The van der Waals surface area contributed by atoms with Gasteiger partial charge in [0.2, 0.25) is 8.32 Å². The average Bonchev–Trinajstić information content (AvgIpc) is 2.61. The molecule has 0 heterocycles. The minimum absolute atomic E-state index is 0.163. The largest absolute Gasteiger partial charge is 0.413 e. The molecule has 0 unspecified atom stereocenters. The van der Waals surface area contributed by atoms with E-state index in [1.54, 1.807) is 12.1 Å². The molecule has 0 radical (unpaired) electrons. The number of hydrogen-bond acceptors (Lipinski definition) is 6. The van der Waals surface area contributed by atoms with Crippen molar-refractivity contribution >= 4 is 36.5 Å². The summed E-state index contributed by atoms with van der Waals surface area (Å²) in [4.78, 5) is 32.7. The maximum absolute atomic E-state index is 12.4. The van der Waals surface area contributed by atoms with Gasteiger partial charge < -0.3 is 9.74 Å². The van der Waals surface area contributed by atoms with Gasteiger partial charge in [0.15, 0.2) is 0 Å². The summed E-state index contributed by atoms with van der Waals surface area (Å²) in [5.41, 5.74) is -0.730. The summed E-state index contributed by atoms with van der Waals surface area (Å²) < 4.78 is 5.80. The lowest BCUT2D eigenvalue weighted by atomic mass is 10.1. The van der Waals surface area contributed by atoms with E-state index >= 15 is 0 Å². The monoisotopic (exact) mass is 389 g/mol. The first kappa shape index (κ1) is 20.2. The van der Waals surface area contributed by atoms with Crippen LogP contribution in [0, 0.1) is 20.2 Å². The lowest BCUT2D eigenvalue weighted by Crippen LogP contribution is -2.44. The highest BCUT2D eigenvalue weighted by molar-refractivity contribution is 6.84. The second-order valence-electron chi connectivity index (χ2n) is 6.23. The van der Waals surface area contributed by atoms with Crippen LogP contribution in [0.25, 0.3) is 0 Å². The molecular weight excluding hydrogens is 370 g/mol. The van der Waals surface area contributed by atoms with E-state index in [0.29, 0.717) is 12.3 Å². The maximum Gasteiger partial charge on any atom is 0.277 e. The molecule has 0 aliphatic rings. The van der Waals surface area contributed by atoms with Crippen molar-refractivity contribution in [2.24, 2.45) is 0 Å². The van der Waals surface area contributed by atoms with Crippen molar-refractivity contribution in [3.05, 3.63) is 68.3 Å². The highest BCUT2D eigenvalue weighted by atomic mass is 28.4. The zero-order valence-corrected chi connectivity index (χ0v) is 16.1. The predicted octanol–water partition coefficient (Wildman–Crippen LogP) is 3.20. The molecule has 0 bridgehead atoms. The van der Waals surface area contributed by atoms with Crippen LogP contribution in [0.5, 0.6) is 0 Å². The number of amides is 1. The molecule has 27 heavy (non-hydrogen) atoms. The van der Waals surface area contributed by atoms with Crippen molar-refractivity contribution in [2.45, 2.75) is 20.0 Å². The number of hydrogen-bond donors (Lipinski definition) is 1. The van der Waals surface area contributed by atoms with Crippen molar-refractivity contribution < 1.29 is 19.1 Å². The van der Waals surface area contributed by atoms with E-state index in [-0.39, 0.29) is 5.56 Å². The Morgan fingerprint density at radius 1 is 1.04 bits per heavy atom. The first-order valence-electron chi connectivity index (χ1n) is 8.13. The van der Waals surface area contributed by atoms with Crippen LogP contribution in [0.4, 0.5) is 17.1 Å². The van der Waals surface area contributed by atoms with Crippen molar-refractivity contribution in [1.82, 2.24) is 0 Å². The molecular formula is C17H19N3O6Si. The number of anilines is 1. The number of benzene rings is 2. The van der Waals surface area contributed by atoms with Gasteiger partial charge in [-0.2, -0.15) is 0 Å². The van der Waals surface area contributed by atoms with Crippen LogP contribution in [-0.2, 0) is 4.43 Å². The second-order valence-corrected chi connectivity index (χ2v) is 10.1. The minimum atomic E-state index is -2.01. The quantitative estimate of drug-likeness (QED) is 0.440. The van der Waals surface area contributed by atoms with Crippen LogP contribution in [0.2, 0.25) is 13.1 Å². The second kappa shape index (κ2) is 8.06. The van der Waals surface area contributed by atoms with Gasteiger partial charge in [-0.15, -0.1) is 0 Å². The topological polar surface area (TPSA) is 125 Å². The molecule has 2 rings (SSSR count). The highest BCUT2D eigenvalue weighted by Gasteiger charge is 2.24. The van der Waals surface area contributed by atoms with Crippen molar-refractivity contribution in [2.75, 3.05) is 11.9 Å². The molecule has 0 aliphatic carbocycles. The number of rotatable bonds is 7. The standard InChI is InChI=1S/C17H19N3O6Si/c1-4-26-27(2,3)16-7-5-13(6-8-16)18-17(21)12-9-14(19(22)23)11-15(10-12)20(24)25/h5-11H,4H2,1-3H3,(H,18,21). The van der Waals surface area contributed by atoms with Gasteiger partial charge >= 0.3 is 0 Å². The van der Waals surface area contributed by atoms with Crippen LogP contribution in [-0.4, -0.2) is 30.7 Å². The van der Waals surface area contributed by atoms with E-state index in [1.165, 1.54) is 0 Å². The third kappa shape index (κ3) is 4.96.